The molecule has 0 aliphatic heterocycles. The zero-order valence-corrected chi connectivity index (χ0v) is 14.4. The molecular formula is C18H26FN3O. The van der Waals surface area contributed by atoms with Crippen LogP contribution in [0.5, 0.6) is 0 Å². The van der Waals surface area contributed by atoms with Gasteiger partial charge in [0.25, 0.3) is 0 Å². The zero-order chi connectivity index (χ0) is 16.8. The average molecular weight is 319 g/mol. The lowest BCUT2D eigenvalue weighted by Gasteiger charge is -2.09. The van der Waals surface area contributed by atoms with Crippen LogP contribution in [0, 0.1) is 19.7 Å². The molecule has 1 aromatic heterocycles. The predicted octanol–water partition coefficient (Wildman–Crippen LogP) is 3.53. The van der Waals surface area contributed by atoms with Crippen LogP contribution in [0.2, 0.25) is 0 Å². The van der Waals surface area contributed by atoms with Crippen molar-refractivity contribution in [3.63, 3.8) is 0 Å². The van der Waals surface area contributed by atoms with Crippen LogP contribution in [0.4, 0.5) is 4.39 Å². The van der Waals surface area contributed by atoms with Gasteiger partial charge in [-0.3, -0.25) is 0 Å². The Bertz CT molecular complexity index is 620. The maximum Gasteiger partial charge on any atom is 0.123 e. The molecule has 1 heterocycles. The third-order valence-electron chi connectivity index (χ3n) is 3.76. The SMILES string of the molecule is Cc1nn(-c2ccc(F)cc2)c(C)c1CNCCCOC(C)C. The molecule has 0 radical (unpaired) electrons. The lowest BCUT2D eigenvalue weighted by atomic mass is 10.2. The van der Waals surface area contributed by atoms with Crippen molar-refractivity contribution in [1.29, 1.82) is 0 Å². The molecule has 5 heteroatoms. The molecule has 2 rings (SSSR count). The molecule has 0 bridgehead atoms. The Balaban J connectivity index is 1.94. The summed E-state index contributed by atoms with van der Waals surface area (Å²) in [4.78, 5) is 0. The van der Waals surface area contributed by atoms with Gasteiger partial charge in [-0.2, -0.15) is 5.10 Å². The van der Waals surface area contributed by atoms with Gasteiger partial charge in [0.1, 0.15) is 5.82 Å². The van der Waals surface area contributed by atoms with Crippen LogP contribution in [0.15, 0.2) is 24.3 Å². The average Bonchev–Trinajstić information content (AvgIpc) is 2.79. The molecule has 0 saturated carbocycles. The first-order valence-electron chi connectivity index (χ1n) is 8.12. The number of nitrogens with one attached hydrogen (secondary N) is 1. The molecule has 0 amide bonds. The van der Waals surface area contributed by atoms with Gasteiger partial charge in [-0.25, -0.2) is 9.07 Å². The summed E-state index contributed by atoms with van der Waals surface area (Å²) in [6, 6.07) is 6.40. The van der Waals surface area contributed by atoms with Crippen LogP contribution in [0.3, 0.4) is 0 Å². The summed E-state index contributed by atoms with van der Waals surface area (Å²) in [6.07, 6.45) is 1.27. The van der Waals surface area contributed by atoms with Gasteiger partial charge in [-0.15, -0.1) is 0 Å². The van der Waals surface area contributed by atoms with Crippen LogP contribution in [-0.2, 0) is 11.3 Å². The molecule has 0 fully saturated rings. The lowest BCUT2D eigenvalue weighted by molar-refractivity contribution is 0.0770. The van der Waals surface area contributed by atoms with Crippen LogP contribution >= 0.6 is 0 Å². The third-order valence-corrected chi connectivity index (χ3v) is 3.76. The molecular weight excluding hydrogens is 293 g/mol. The van der Waals surface area contributed by atoms with Gasteiger partial charge in [-0.05, 0) is 64.9 Å². The van der Waals surface area contributed by atoms with E-state index in [1.807, 2.05) is 32.4 Å². The normalized spacial score (nSPS) is 11.4. The van der Waals surface area contributed by atoms with Crippen LogP contribution < -0.4 is 5.32 Å². The number of aryl methyl sites for hydroxylation is 1. The molecule has 0 aliphatic carbocycles. The smallest absolute Gasteiger partial charge is 0.123 e. The van der Waals surface area contributed by atoms with E-state index < -0.39 is 0 Å². The second kappa shape index (κ2) is 8.22. The molecule has 23 heavy (non-hydrogen) atoms. The minimum atomic E-state index is -0.235. The quantitative estimate of drug-likeness (QED) is 0.757. The number of nitrogens with zero attached hydrogens (tertiary/aromatic N) is 2. The molecule has 0 atom stereocenters. The van der Waals surface area contributed by atoms with Gasteiger partial charge in [0.2, 0.25) is 0 Å². The van der Waals surface area contributed by atoms with Gasteiger partial charge in [0, 0.05) is 24.4 Å². The Labute approximate surface area is 137 Å². The Morgan fingerprint density at radius 1 is 1.22 bits per heavy atom. The summed E-state index contributed by atoms with van der Waals surface area (Å²) in [5.41, 5.74) is 4.15. The molecule has 1 aromatic carbocycles. The van der Waals surface area contributed by atoms with Crippen molar-refractivity contribution >= 4 is 0 Å². The summed E-state index contributed by atoms with van der Waals surface area (Å²) in [5, 5.41) is 8.02. The Morgan fingerprint density at radius 3 is 2.57 bits per heavy atom. The first-order chi connectivity index (χ1) is 11.0. The predicted molar refractivity (Wildman–Crippen MR) is 90.4 cm³/mol. The summed E-state index contributed by atoms with van der Waals surface area (Å²) in [7, 11) is 0. The number of halogens is 1. The zero-order valence-electron chi connectivity index (χ0n) is 14.4. The van der Waals surface area contributed by atoms with E-state index in [0.717, 1.165) is 43.2 Å². The van der Waals surface area contributed by atoms with E-state index in [0.29, 0.717) is 0 Å². The molecule has 2 aromatic rings. The van der Waals surface area contributed by atoms with Gasteiger partial charge >= 0.3 is 0 Å². The highest BCUT2D eigenvalue weighted by atomic mass is 19.1. The minimum absolute atomic E-state index is 0.235. The highest BCUT2D eigenvalue weighted by Crippen LogP contribution is 2.18. The van der Waals surface area contributed by atoms with E-state index in [1.165, 1.54) is 17.7 Å². The first-order valence-corrected chi connectivity index (χ1v) is 8.12. The van der Waals surface area contributed by atoms with Crippen molar-refractivity contribution in [3.05, 3.63) is 47.0 Å². The summed E-state index contributed by atoms with van der Waals surface area (Å²) >= 11 is 0. The largest absolute Gasteiger partial charge is 0.379 e. The standard InChI is InChI=1S/C18H26FN3O/c1-13(2)23-11-5-10-20-12-18-14(3)21-22(15(18)4)17-8-6-16(19)7-9-17/h6-9,13,20H,5,10-12H2,1-4H3. The van der Waals surface area contributed by atoms with E-state index in [1.54, 1.807) is 12.1 Å². The van der Waals surface area contributed by atoms with Gasteiger partial charge in [0.05, 0.1) is 17.5 Å². The maximum absolute atomic E-state index is 13.1. The van der Waals surface area contributed by atoms with Crippen molar-refractivity contribution in [2.75, 3.05) is 13.2 Å². The highest BCUT2D eigenvalue weighted by molar-refractivity contribution is 5.37. The lowest BCUT2D eigenvalue weighted by Crippen LogP contribution is -2.18. The number of hydrogen-bond donors (Lipinski definition) is 1. The summed E-state index contributed by atoms with van der Waals surface area (Å²) in [6.45, 7) is 10.6. The first kappa shape index (κ1) is 17.6. The molecule has 4 nitrogen and oxygen atoms in total. The van der Waals surface area contributed by atoms with E-state index in [9.17, 15) is 4.39 Å². The fraction of sp³-hybridized carbons (Fsp3) is 0.500. The number of ether oxygens (including phenoxy) is 1. The highest BCUT2D eigenvalue weighted by Gasteiger charge is 2.12. The molecule has 126 valence electrons. The Kier molecular flexibility index (Phi) is 6.30. The number of aromatic nitrogens is 2. The van der Waals surface area contributed by atoms with Crippen molar-refractivity contribution in [2.24, 2.45) is 0 Å². The fourth-order valence-electron chi connectivity index (χ4n) is 2.49. The van der Waals surface area contributed by atoms with E-state index in [-0.39, 0.29) is 11.9 Å². The molecule has 0 aliphatic rings. The van der Waals surface area contributed by atoms with Crippen molar-refractivity contribution in [3.8, 4) is 5.69 Å². The second-order valence-electron chi connectivity index (χ2n) is 5.99. The van der Waals surface area contributed by atoms with E-state index in [4.69, 9.17) is 4.74 Å². The second-order valence-corrected chi connectivity index (χ2v) is 5.99. The molecule has 0 spiro atoms. The van der Waals surface area contributed by atoms with E-state index >= 15 is 0 Å². The van der Waals surface area contributed by atoms with Gasteiger partial charge < -0.3 is 10.1 Å². The molecule has 1 N–H and O–H groups in total. The minimum Gasteiger partial charge on any atom is -0.379 e. The van der Waals surface area contributed by atoms with Crippen molar-refractivity contribution in [2.45, 2.75) is 46.8 Å². The monoisotopic (exact) mass is 319 g/mol. The summed E-state index contributed by atoms with van der Waals surface area (Å²) in [5.74, 6) is -0.235. The van der Waals surface area contributed by atoms with Crippen molar-refractivity contribution in [1.82, 2.24) is 15.1 Å². The Hall–Kier alpha value is -1.72. The van der Waals surface area contributed by atoms with Crippen LogP contribution in [-0.4, -0.2) is 29.0 Å². The van der Waals surface area contributed by atoms with Gasteiger partial charge in [0.15, 0.2) is 0 Å². The fourth-order valence-corrected chi connectivity index (χ4v) is 2.49. The number of rotatable bonds is 8. The van der Waals surface area contributed by atoms with E-state index in [2.05, 4.69) is 10.4 Å². The summed E-state index contributed by atoms with van der Waals surface area (Å²) < 4.78 is 20.5. The number of hydrogen-bond acceptors (Lipinski definition) is 3. The topological polar surface area (TPSA) is 39.1 Å². The molecule has 0 unspecified atom stereocenters. The maximum atomic E-state index is 13.1. The van der Waals surface area contributed by atoms with Gasteiger partial charge in [-0.1, -0.05) is 0 Å². The van der Waals surface area contributed by atoms with Crippen molar-refractivity contribution < 1.29 is 9.13 Å². The number of benzene rings is 1. The van der Waals surface area contributed by atoms with Crippen LogP contribution in [0.1, 0.15) is 37.2 Å². The molecule has 0 saturated heterocycles. The van der Waals surface area contributed by atoms with Crippen LogP contribution in [0.25, 0.3) is 5.69 Å². The Morgan fingerprint density at radius 2 is 1.91 bits per heavy atom. The third kappa shape index (κ3) is 4.88.